The first-order chi connectivity index (χ1) is 8.56. The molecular weight excluding hydrogens is 224 g/mol. The highest BCUT2D eigenvalue weighted by atomic mass is 15.1. The molecule has 0 aliphatic rings. The molecule has 1 aromatic heterocycles. The third-order valence-electron chi connectivity index (χ3n) is 2.90. The van der Waals surface area contributed by atoms with Gasteiger partial charge in [-0.3, -0.25) is 0 Å². The maximum atomic E-state index is 4.57. The fraction of sp³-hybridized carbons (Fsp3) is 0.714. The largest absolute Gasteiger partial charge is 0.373 e. The van der Waals surface area contributed by atoms with Crippen LogP contribution in [0.2, 0.25) is 0 Å². The van der Waals surface area contributed by atoms with Gasteiger partial charge in [0.1, 0.15) is 17.5 Å². The van der Waals surface area contributed by atoms with Gasteiger partial charge < -0.3 is 10.6 Å². The molecule has 1 atom stereocenters. The molecule has 1 heterocycles. The highest BCUT2D eigenvalue weighted by Crippen LogP contribution is 2.18. The molecule has 0 spiro atoms. The van der Waals surface area contributed by atoms with Crippen LogP contribution >= 0.6 is 0 Å². The van der Waals surface area contributed by atoms with Crippen molar-refractivity contribution >= 4 is 11.6 Å². The number of aromatic nitrogens is 2. The van der Waals surface area contributed by atoms with Crippen LogP contribution in [0.1, 0.15) is 58.7 Å². The first-order valence-electron chi connectivity index (χ1n) is 6.90. The summed E-state index contributed by atoms with van der Waals surface area (Å²) in [6, 6.07) is 2.42. The average Bonchev–Trinajstić information content (AvgIpc) is 2.35. The number of nitrogens with zero attached hydrogens (tertiary/aromatic N) is 2. The van der Waals surface area contributed by atoms with Crippen LogP contribution in [-0.2, 0) is 0 Å². The molecule has 1 aromatic rings. The molecule has 0 bridgehead atoms. The van der Waals surface area contributed by atoms with Crippen molar-refractivity contribution in [3.63, 3.8) is 0 Å². The standard InChI is InChI=1S/C14H26N4/c1-6-7-8-11(4)16-13-9-12(15-5)17-14(18-13)10(2)3/h9-11H,6-8H2,1-5H3,(H2,15,16,17,18). The molecule has 1 unspecified atom stereocenters. The van der Waals surface area contributed by atoms with Gasteiger partial charge in [-0.2, -0.15) is 0 Å². The normalized spacial score (nSPS) is 12.6. The van der Waals surface area contributed by atoms with Gasteiger partial charge >= 0.3 is 0 Å². The Morgan fingerprint density at radius 3 is 2.39 bits per heavy atom. The molecule has 4 heteroatoms. The van der Waals surface area contributed by atoms with Gasteiger partial charge in [0.2, 0.25) is 0 Å². The molecule has 0 saturated heterocycles. The molecule has 0 radical (unpaired) electrons. The third-order valence-corrected chi connectivity index (χ3v) is 2.90. The number of nitrogens with one attached hydrogen (secondary N) is 2. The molecule has 0 aromatic carbocycles. The molecule has 0 saturated carbocycles. The van der Waals surface area contributed by atoms with Crippen molar-refractivity contribution in [1.82, 2.24) is 9.97 Å². The Bertz CT molecular complexity index is 363. The molecule has 0 aliphatic heterocycles. The van der Waals surface area contributed by atoms with Gasteiger partial charge in [-0.25, -0.2) is 9.97 Å². The Labute approximate surface area is 111 Å². The summed E-state index contributed by atoms with van der Waals surface area (Å²) in [5.41, 5.74) is 0. The Kier molecular flexibility index (Phi) is 5.89. The number of rotatable bonds is 7. The van der Waals surface area contributed by atoms with Gasteiger partial charge in [-0.15, -0.1) is 0 Å². The molecule has 1 rings (SSSR count). The maximum Gasteiger partial charge on any atom is 0.135 e. The number of hydrogen-bond acceptors (Lipinski definition) is 4. The van der Waals surface area contributed by atoms with Crippen molar-refractivity contribution in [2.45, 2.75) is 58.9 Å². The molecule has 102 valence electrons. The SMILES string of the molecule is CCCCC(C)Nc1cc(NC)nc(C(C)C)n1. The molecule has 18 heavy (non-hydrogen) atoms. The van der Waals surface area contributed by atoms with Crippen molar-refractivity contribution in [2.75, 3.05) is 17.7 Å². The first-order valence-corrected chi connectivity index (χ1v) is 6.90. The van der Waals surface area contributed by atoms with E-state index in [0.29, 0.717) is 12.0 Å². The highest BCUT2D eigenvalue weighted by Gasteiger charge is 2.09. The average molecular weight is 250 g/mol. The van der Waals surface area contributed by atoms with E-state index < -0.39 is 0 Å². The van der Waals surface area contributed by atoms with Crippen LogP contribution in [0.3, 0.4) is 0 Å². The monoisotopic (exact) mass is 250 g/mol. The Balaban J connectivity index is 2.77. The van der Waals surface area contributed by atoms with E-state index in [-0.39, 0.29) is 0 Å². The Hall–Kier alpha value is -1.32. The van der Waals surface area contributed by atoms with Crippen LogP contribution in [0.5, 0.6) is 0 Å². The maximum absolute atomic E-state index is 4.57. The van der Waals surface area contributed by atoms with Gasteiger partial charge in [0.25, 0.3) is 0 Å². The molecule has 0 fully saturated rings. The van der Waals surface area contributed by atoms with Crippen molar-refractivity contribution in [3.8, 4) is 0 Å². The van der Waals surface area contributed by atoms with Crippen molar-refractivity contribution < 1.29 is 0 Å². The van der Waals surface area contributed by atoms with Crippen LogP contribution < -0.4 is 10.6 Å². The van der Waals surface area contributed by atoms with Crippen LogP contribution in [0.15, 0.2) is 6.07 Å². The van der Waals surface area contributed by atoms with E-state index in [1.807, 2.05) is 13.1 Å². The quantitative estimate of drug-likeness (QED) is 0.776. The topological polar surface area (TPSA) is 49.8 Å². The molecule has 0 amide bonds. The molecule has 2 N–H and O–H groups in total. The Morgan fingerprint density at radius 1 is 1.17 bits per heavy atom. The zero-order valence-electron chi connectivity index (χ0n) is 12.2. The summed E-state index contributed by atoms with van der Waals surface area (Å²) in [5.74, 6) is 3.01. The minimum absolute atomic E-state index is 0.338. The van der Waals surface area contributed by atoms with Gasteiger partial charge in [0.15, 0.2) is 0 Å². The minimum atomic E-state index is 0.338. The van der Waals surface area contributed by atoms with E-state index >= 15 is 0 Å². The zero-order chi connectivity index (χ0) is 13.5. The number of anilines is 2. The predicted octanol–water partition coefficient (Wildman–Crippen LogP) is 3.63. The van der Waals surface area contributed by atoms with E-state index in [1.54, 1.807) is 0 Å². The van der Waals surface area contributed by atoms with Crippen LogP contribution in [0.4, 0.5) is 11.6 Å². The summed E-state index contributed by atoms with van der Waals surface area (Å²) in [6.45, 7) is 8.64. The fourth-order valence-corrected chi connectivity index (χ4v) is 1.76. The van der Waals surface area contributed by atoms with Crippen LogP contribution in [0, 0.1) is 0 Å². The summed E-state index contributed by atoms with van der Waals surface area (Å²) >= 11 is 0. The second-order valence-corrected chi connectivity index (χ2v) is 5.09. The van der Waals surface area contributed by atoms with Crippen molar-refractivity contribution in [2.24, 2.45) is 0 Å². The van der Waals surface area contributed by atoms with E-state index in [0.717, 1.165) is 17.5 Å². The summed E-state index contributed by atoms with van der Waals surface area (Å²) in [4.78, 5) is 9.03. The summed E-state index contributed by atoms with van der Waals surface area (Å²) in [5, 5.41) is 6.54. The van der Waals surface area contributed by atoms with Crippen LogP contribution in [0.25, 0.3) is 0 Å². The van der Waals surface area contributed by atoms with E-state index in [9.17, 15) is 0 Å². The molecule has 0 aliphatic carbocycles. The van der Waals surface area contributed by atoms with Crippen molar-refractivity contribution in [3.05, 3.63) is 11.9 Å². The minimum Gasteiger partial charge on any atom is -0.373 e. The van der Waals surface area contributed by atoms with Crippen molar-refractivity contribution in [1.29, 1.82) is 0 Å². The summed E-state index contributed by atoms with van der Waals surface area (Å²) in [6.07, 6.45) is 3.65. The van der Waals surface area contributed by atoms with Gasteiger partial charge in [0.05, 0.1) is 0 Å². The third kappa shape index (κ3) is 4.51. The van der Waals surface area contributed by atoms with E-state index in [2.05, 4.69) is 48.3 Å². The lowest BCUT2D eigenvalue weighted by molar-refractivity contribution is 0.641. The van der Waals surface area contributed by atoms with E-state index in [4.69, 9.17) is 0 Å². The lowest BCUT2D eigenvalue weighted by Crippen LogP contribution is -2.17. The lowest BCUT2D eigenvalue weighted by atomic mass is 10.1. The predicted molar refractivity (Wildman–Crippen MR) is 78.3 cm³/mol. The molecule has 4 nitrogen and oxygen atoms in total. The van der Waals surface area contributed by atoms with E-state index in [1.165, 1.54) is 19.3 Å². The lowest BCUT2D eigenvalue weighted by Gasteiger charge is -2.16. The number of unbranched alkanes of at least 4 members (excludes halogenated alkanes) is 1. The second kappa shape index (κ2) is 7.19. The highest BCUT2D eigenvalue weighted by molar-refractivity contribution is 5.47. The smallest absolute Gasteiger partial charge is 0.135 e. The number of hydrogen-bond donors (Lipinski definition) is 2. The summed E-state index contributed by atoms with van der Waals surface area (Å²) in [7, 11) is 1.89. The molecular formula is C14H26N4. The summed E-state index contributed by atoms with van der Waals surface area (Å²) < 4.78 is 0. The zero-order valence-corrected chi connectivity index (χ0v) is 12.2. The van der Waals surface area contributed by atoms with Gasteiger partial charge in [-0.05, 0) is 13.3 Å². The Morgan fingerprint density at radius 2 is 1.83 bits per heavy atom. The first kappa shape index (κ1) is 14.7. The van der Waals surface area contributed by atoms with Gasteiger partial charge in [0, 0.05) is 25.1 Å². The fourth-order valence-electron chi connectivity index (χ4n) is 1.76. The van der Waals surface area contributed by atoms with Crippen LogP contribution in [-0.4, -0.2) is 23.1 Å². The second-order valence-electron chi connectivity index (χ2n) is 5.09. The van der Waals surface area contributed by atoms with Gasteiger partial charge in [-0.1, -0.05) is 33.6 Å².